The number of aromatic nitrogens is 3. The minimum Gasteiger partial charge on any atom is -0.481 e. The van der Waals surface area contributed by atoms with Gasteiger partial charge < -0.3 is 5.11 Å². The summed E-state index contributed by atoms with van der Waals surface area (Å²) in [6.07, 6.45) is 0.894. The molecule has 0 aliphatic heterocycles. The molecule has 0 aliphatic carbocycles. The van der Waals surface area contributed by atoms with Crippen LogP contribution in [0.4, 0.5) is 0 Å². The van der Waals surface area contributed by atoms with Gasteiger partial charge in [0.15, 0.2) is 9.84 Å². The van der Waals surface area contributed by atoms with Gasteiger partial charge in [-0.3, -0.25) is 4.79 Å². The monoisotopic (exact) mass is 275 g/mol. The van der Waals surface area contributed by atoms with E-state index in [1.54, 1.807) is 0 Å². The maximum absolute atomic E-state index is 12.0. The summed E-state index contributed by atoms with van der Waals surface area (Å²) in [6, 6.07) is 0.00693. The minimum absolute atomic E-state index is 0.00693. The maximum Gasteiger partial charge on any atom is 0.304 e. The van der Waals surface area contributed by atoms with Crippen LogP contribution in [0.25, 0.3) is 0 Å². The Morgan fingerprint density at radius 1 is 1.44 bits per heavy atom. The van der Waals surface area contributed by atoms with E-state index in [4.69, 9.17) is 5.11 Å². The number of carboxylic acid groups (broad SMARTS) is 1. The Hall–Kier alpha value is -1.44. The zero-order valence-electron chi connectivity index (χ0n) is 10.6. The van der Waals surface area contributed by atoms with E-state index in [2.05, 4.69) is 10.1 Å². The first-order valence-electron chi connectivity index (χ1n) is 5.55. The van der Waals surface area contributed by atoms with E-state index in [-0.39, 0.29) is 11.8 Å². The first kappa shape index (κ1) is 14.6. The Balaban J connectivity index is 2.89. The molecule has 1 aromatic heterocycles. The maximum atomic E-state index is 12.0. The van der Waals surface area contributed by atoms with Crippen LogP contribution in [0.5, 0.6) is 0 Å². The van der Waals surface area contributed by atoms with E-state index in [0.717, 1.165) is 0 Å². The molecule has 0 amide bonds. The molecule has 1 N–H and O–H groups in total. The number of nitrogens with zero attached hydrogens (tertiary/aromatic N) is 3. The normalized spacial score (nSPS) is 13.8. The SMILES string of the molecule is CC(C)n1ncnc1CS(=O)(=O)C(C)CC(=O)O. The Morgan fingerprint density at radius 3 is 2.56 bits per heavy atom. The van der Waals surface area contributed by atoms with Crippen molar-refractivity contribution in [2.24, 2.45) is 0 Å². The second-order valence-electron chi connectivity index (χ2n) is 4.43. The molecule has 1 atom stereocenters. The van der Waals surface area contributed by atoms with Crippen LogP contribution in [0.15, 0.2) is 6.33 Å². The molecule has 0 fully saturated rings. The molecule has 0 saturated heterocycles. The summed E-state index contributed by atoms with van der Waals surface area (Å²) in [5.41, 5.74) is 0. The van der Waals surface area contributed by atoms with Crippen molar-refractivity contribution in [1.82, 2.24) is 14.8 Å². The van der Waals surface area contributed by atoms with Crippen LogP contribution in [0.3, 0.4) is 0 Å². The van der Waals surface area contributed by atoms with Crippen LogP contribution in [-0.4, -0.2) is 39.5 Å². The fourth-order valence-electron chi connectivity index (χ4n) is 1.50. The summed E-state index contributed by atoms with van der Waals surface area (Å²) in [6.45, 7) is 5.12. The van der Waals surface area contributed by atoms with Gasteiger partial charge in [0.25, 0.3) is 0 Å². The molecule has 0 bridgehead atoms. The summed E-state index contributed by atoms with van der Waals surface area (Å²) >= 11 is 0. The van der Waals surface area contributed by atoms with Crippen LogP contribution in [0.2, 0.25) is 0 Å². The lowest BCUT2D eigenvalue weighted by Gasteiger charge is -2.12. The number of aliphatic carboxylic acids is 1. The summed E-state index contributed by atoms with van der Waals surface area (Å²) in [4.78, 5) is 14.4. The summed E-state index contributed by atoms with van der Waals surface area (Å²) in [5.74, 6) is -1.08. The molecule has 18 heavy (non-hydrogen) atoms. The molecular weight excluding hydrogens is 258 g/mol. The third-order valence-corrected chi connectivity index (χ3v) is 4.60. The molecule has 0 aromatic carbocycles. The summed E-state index contributed by atoms with van der Waals surface area (Å²) in [5, 5.41) is 11.6. The zero-order valence-corrected chi connectivity index (χ0v) is 11.4. The van der Waals surface area contributed by atoms with Crippen molar-refractivity contribution >= 4 is 15.8 Å². The van der Waals surface area contributed by atoms with Gasteiger partial charge in [0.05, 0.1) is 11.7 Å². The van der Waals surface area contributed by atoms with Crippen LogP contribution in [0.1, 0.15) is 39.1 Å². The summed E-state index contributed by atoms with van der Waals surface area (Å²) < 4.78 is 25.4. The Bertz CT molecular complexity index is 521. The minimum atomic E-state index is -3.54. The fraction of sp³-hybridized carbons (Fsp3) is 0.700. The average molecular weight is 275 g/mol. The lowest BCUT2D eigenvalue weighted by Crippen LogP contribution is -2.24. The number of hydrogen-bond acceptors (Lipinski definition) is 5. The summed E-state index contributed by atoms with van der Waals surface area (Å²) in [7, 11) is -3.54. The molecule has 1 aromatic rings. The molecule has 8 heteroatoms. The molecule has 1 rings (SSSR count). The quantitative estimate of drug-likeness (QED) is 0.817. The number of carboxylic acids is 1. The molecule has 1 unspecified atom stereocenters. The van der Waals surface area contributed by atoms with Crippen molar-refractivity contribution < 1.29 is 18.3 Å². The molecule has 1 heterocycles. The van der Waals surface area contributed by atoms with Crippen molar-refractivity contribution in [3.05, 3.63) is 12.2 Å². The molecule has 7 nitrogen and oxygen atoms in total. The smallest absolute Gasteiger partial charge is 0.304 e. The Labute approximate surface area is 106 Å². The molecule has 102 valence electrons. The van der Waals surface area contributed by atoms with E-state index in [1.165, 1.54) is 17.9 Å². The first-order chi connectivity index (χ1) is 8.24. The van der Waals surface area contributed by atoms with Crippen molar-refractivity contribution in [2.45, 2.75) is 44.2 Å². The van der Waals surface area contributed by atoms with Gasteiger partial charge >= 0.3 is 5.97 Å². The van der Waals surface area contributed by atoms with Gasteiger partial charge in [0.2, 0.25) is 0 Å². The number of hydrogen-bond donors (Lipinski definition) is 1. The topological polar surface area (TPSA) is 102 Å². The lowest BCUT2D eigenvalue weighted by atomic mass is 10.3. The zero-order chi connectivity index (χ0) is 13.9. The van der Waals surface area contributed by atoms with Gasteiger partial charge in [-0.25, -0.2) is 18.1 Å². The largest absolute Gasteiger partial charge is 0.481 e. The molecule has 0 saturated carbocycles. The first-order valence-corrected chi connectivity index (χ1v) is 7.27. The van der Waals surface area contributed by atoms with Crippen molar-refractivity contribution in [3.8, 4) is 0 Å². The Kier molecular flexibility index (Phi) is 4.44. The predicted molar refractivity (Wildman–Crippen MR) is 64.7 cm³/mol. The second-order valence-corrected chi connectivity index (χ2v) is 6.85. The molecule has 0 spiro atoms. The lowest BCUT2D eigenvalue weighted by molar-refractivity contribution is -0.136. The number of sulfone groups is 1. The molecule has 0 radical (unpaired) electrons. The van der Waals surface area contributed by atoms with Gasteiger partial charge in [-0.05, 0) is 20.8 Å². The molecular formula is C10H17N3O4S. The molecule has 0 aliphatic rings. The number of carbonyl (C=O) groups is 1. The second kappa shape index (κ2) is 5.47. The highest BCUT2D eigenvalue weighted by Crippen LogP contribution is 2.14. The Morgan fingerprint density at radius 2 is 2.06 bits per heavy atom. The van der Waals surface area contributed by atoms with Gasteiger partial charge in [-0.1, -0.05) is 0 Å². The number of rotatable bonds is 6. The van der Waals surface area contributed by atoms with Gasteiger partial charge in [0, 0.05) is 6.04 Å². The van der Waals surface area contributed by atoms with E-state index in [1.807, 2.05) is 13.8 Å². The van der Waals surface area contributed by atoms with E-state index in [9.17, 15) is 13.2 Å². The van der Waals surface area contributed by atoms with Crippen LogP contribution in [0, 0.1) is 0 Å². The standard InChI is InChI=1S/C10H17N3O4S/c1-7(2)13-9(11-6-12-13)5-18(16,17)8(3)4-10(14)15/h6-8H,4-5H2,1-3H3,(H,14,15). The average Bonchev–Trinajstić information content (AvgIpc) is 2.63. The van der Waals surface area contributed by atoms with E-state index < -0.39 is 27.5 Å². The highest BCUT2D eigenvalue weighted by Gasteiger charge is 2.26. The van der Waals surface area contributed by atoms with Crippen LogP contribution in [-0.2, 0) is 20.4 Å². The van der Waals surface area contributed by atoms with Crippen molar-refractivity contribution in [1.29, 1.82) is 0 Å². The third-order valence-electron chi connectivity index (χ3n) is 2.54. The van der Waals surface area contributed by atoms with Gasteiger partial charge in [0.1, 0.15) is 17.9 Å². The van der Waals surface area contributed by atoms with Crippen molar-refractivity contribution in [3.63, 3.8) is 0 Å². The third kappa shape index (κ3) is 3.52. The highest BCUT2D eigenvalue weighted by atomic mass is 32.2. The van der Waals surface area contributed by atoms with Crippen molar-refractivity contribution in [2.75, 3.05) is 0 Å². The van der Waals surface area contributed by atoms with Crippen LogP contribution < -0.4 is 0 Å². The van der Waals surface area contributed by atoms with E-state index >= 15 is 0 Å². The predicted octanol–water partition coefficient (Wildman–Crippen LogP) is 0.637. The fourth-order valence-corrected chi connectivity index (χ4v) is 2.75. The van der Waals surface area contributed by atoms with Gasteiger partial charge in [-0.15, -0.1) is 0 Å². The van der Waals surface area contributed by atoms with Crippen LogP contribution >= 0.6 is 0 Å². The van der Waals surface area contributed by atoms with Gasteiger partial charge in [-0.2, -0.15) is 5.10 Å². The van der Waals surface area contributed by atoms with E-state index in [0.29, 0.717) is 5.82 Å². The highest BCUT2D eigenvalue weighted by molar-refractivity contribution is 7.91.